The Morgan fingerprint density at radius 3 is 3.00 bits per heavy atom. The van der Waals surface area contributed by atoms with Gasteiger partial charge >= 0.3 is 0 Å². The summed E-state index contributed by atoms with van der Waals surface area (Å²) in [6.45, 7) is 5.06. The summed E-state index contributed by atoms with van der Waals surface area (Å²) < 4.78 is 0. The average molecular weight is 224 g/mol. The van der Waals surface area contributed by atoms with Crippen LogP contribution >= 0.6 is 0 Å². The van der Waals surface area contributed by atoms with Crippen LogP contribution < -0.4 is 5.32 Å². The van der Waals surface area contributed by atoms with Crippen LogP contribution in [0.3, 0.4) is 0 Å². The number of hydrogen-bond acceptors (Lipinski definition) is 3. The van der Waals surface area contributed by atoms with E-state index in [-0.39, 0.29) is 5.91 Å². The molecule has 1 atom stereocenters. The van der Waals surface area contributed by atoms with Crippen LogP contribution in [0.4, 0.5) is 0 Å². The Balaban J connectivity index is 2.31. The van der Waals surface area contributed by atoms with Crippen molar-refractivity contribution in [1.29, 1.82) is 0 Å². The van der Waals surface area contributed by atoms with Crippen LogP contribution in [0.15, 0.2) is 12.4 Å². The molecule has 0 aromatic carbocycles. The number of carbonyl (C=O) groups is 1. The minimum atomic E-state index is 0.0803. The molecule has 0 aliphatic heterocycles. The van der Waals surface area contributed by atoms with E-state index in [9.17, 15) is 4.79 Å². The lowest BCUT2D eigenvalue weighted by atomic mass is 10.2. The molecule has 1 aromatic rings. The van der Waals surface area contributed by atoms with Gasteiger partial charge in [0, 0.05) is 25.5 Å². The number of H-pyrrole nitrogens is 1. The first-order chi connectivity index (χ1) is 7.63. The molecule has 1 unspecified atom stereocenters. The standard InChI is InChI=1S/C11H20N4O/c1-4-9(2)14-7-11(16)15(3)8-10-12-5-6-13-10/h5-6,9,14H,4,7-8H2,1-3H3,(H,12,13). The first-order valence-corrected chi connectivity index (χ1v) is 5.59. The molecule has 0 saturated heterocycles. The van der Waals surface area contributed by atoms with Crippen molar-refractivity contribution in [3.05, 3.63) is 18.2 Å². The number of aromatic nitrogens is 2. The van der Waals surface area contributed by atoms with E-state index in [2.05, 4.69) is 29.1 Å². The normalized spacial score (nSPS) is 12.4. The number of imidazole rings is 1. The Morgan fingerprint density at radius 1 is 1.69 bits per heavy atom. The van der Waals surface area contributed by atoms with E-state index in [4.69, 9.17) is 0 Å². The van der Waals surface area contributed by atoms with Gasteiger partial charge in [0.2, 0.25) is 5.91 Å². The van der Waals surface area contributed by atoms with Gasteiger partial charge in [0.05, 0.1) is 13.1 Å². The number of carbonyl (C=O) groups excluding carboxylic acids is 1. The van der Waals surface area contributed by atoms with Crippen molar-refractivity contribution in [2.24, 2.45) is 0 Å². The largest absolute Gasteiger partial charge is 0.347 e. The van der Waals surface area contributed by atoms with Gasteiger partial charge in [-0.25, -0.2) is 4.98 Å². The van der Waals surface area contributed by atoms with Gasteiger partial charge in [0.15, 0.2) is 0 Å². The van der Waals surface area contributed by atoms with Crippen LogP contribution in [0.25, 0.3) is 0 Å². The minimum Gasteiger partial charge on any atom is -0.347 e. The third-order valence-electron chi connectivity index (χ3n) is 2.58. The molecule has 0 saturated carbocycles. The number of rotatable bonds is 6. The summed E-state index contributed by atoms with van der Waals surface area (Å²) >= 11 is 0. The molecule has 1 aromatic heterocycles. The Morgan fingerprint density at radius 2 is 2.44 bits per heavy atom. The van der Waals surface area contributed by atoms with Gasteiger partial charge in [-0.05, 0) is 13.3 Å². The quantitative estimate of drug-likeness (QED) is 0.750. The molecule has 90 valence electrons. The van der Waals surface area contributed by atoms with Gasteiger partial charge < -0.3 is 15.2 Å². The zero-order chi connectivity index (χ0) is 12.0. The van der Waals surface area contributed by atoms with Gasteiger partial charge in [-0.3, -0.25) is 4.79 Å². The Hall–Kier alpha value is -1.36. The highest BCUT2D eigenvalue weighted by molar-refractivity contribution is 5.77. The van der Waals surface area contributed by atoms with Crippen LogP contribution in [0, 0.1) is 0 Å². The van der Waals surface area contributed by atoms with Crippen molar-refractivity contribution in [2.75, 3.05) is 13.6 Å². The summed E-state index contributed by atoms with van der Waals surface area (Å²) in [6.07, 6.45) is 4.46. The van der Waals surface area contributed by atoms with Crippen LogP contribution in [0.5, 0.6) is 0 Å². The number of nitrogens with zero attached hydrogens (tertiary/aromatic N) is 2. The first kappa shape index (κ1) is 12.7. The lowest BCUT2D eigenvalue weighted by Crippen LogP contribution is -2.38. The molecule has 0 radical (unpaired) electrons. The maximum absolute atomic E-state index is 11.7. The second kappa shape index (κ2) is 6.27. The number of nitrogens with one attached hydrogen (secondary N) is 2. The highest BCUT2D eigenvalue weighted by Gasteiger charge is 2.10. The van der Waals surface area contributed by atoms with Crippen molar-refractivity contribution in [3.8, 4) is 0 Å². The fraction of sp³-hybridized carbons (Fsp3) is 0.636. The topological polar surface area (TPSA) is 61.0 Å². The lowest BCUT2D eigenvalue weighted by Gasteiger charge is -2.18. The molecule has 2 N–H and O–H groups in total. The zero-order valence-electron chi connectivity index (χ0n) is 10.2. The molecule has 5 nitrogen and oxygen atoms in total. The van der Waals surface area contributed by atoms with Crippen LogP contribution in [0.2, 0.25) is 0 Å². The summed E-state index contributed by atoms with van der Waals surface area (Å²) in [7, 11) is 1.78. The van der Waals surface area contributed by atoms with E-state index in [0.717, 1.165) is 12.2 Å². The molecule has 1 heterocycles. The fourth-order valence-corrected chi connectivity index (χ4v) is 1.24. The van der Waals surface area contributed by atoms with Crippen molar-refractivity contribution in [1.82, 2.24) is 20.2 Å². The first-order valence-electron chi connectivity index (χ1n) is 5.59. The maximum atomic E-state index is 11.7. The highest BCUT2D eigenvalue weighted by Crippen LogP contribution is 1.96. The zero-order valence-corrected chi connectivity index (χ0v) is 10.2. The lowest BCUT2D eigenvalue weighted by molar-refractivity contribution is -0.129. The Labute approximate surface area is 96.3 Å². The monoisotopic (exact) mass is 224 g/mol. The molecular weight excluding hydrogens is 204 g/mol. The average Bonchev–Trinajstić information content (AvgIpc) is 2.77. The summed E-state index contributed by atoms with van der Waals surface area (Å²) in [6, 6.07) is 0.376. The van der Waals surface area contributed by atoms with Crippen LogP contribution in [-0.2, 0) is 11.3 Å². The van der Waals surface area contributed by atoms with Crippen molar-refractivity contribution >= 4 is 5.91 Å². The molecule has 5 heteroatoms. The molecule has 0 fully saturated rings. The number of hydrogen-bond donors (Lipinski definition) is 2. The predicted octanol–water partition coefficient (Wildman–Crippen LogP) is 0.756. The third-order valence-corrected chi connectivity index (χ3v) is 2.58. The van der Waals surface area contributed by atoms with E-state index >= 15 is 0 Å². The number of amides is 1. The molecule has 1 amide bonds. The molecule has 0 aliphatic carbocycles. The summed E-state index contributed by atoms with van der Waals surface area (Å²) in [4.78, 5) is 20.4. The van der Waals surface area contributed by atoms with E-state index in [1.165, 1.54) is 0 Å². The van der Waals surface area contributed by atoms with E-state index in [1.54, 1.807) is 24.3 Å². The van der Waals surface area contributed by atoms with Crippen LogP contribution in [-0.4, -0.2) is 40.4 Å². The summed E-state index contributed by atoms with van der Waals surface area (Å²) in [5, 5.41) is 3.17. The van der Waals surface area contributed by atoms with Gasteiger partial charge in [-0.2, -0.15) is 0 Å². The highest BCUT2D eigenvalue weighted by atomic mass is 16.2. The Kier molecular flexibility index (Phi) is 4.98. The maximum Gasteiger partial charge on any atom is 0.236 e. The SMILES string of the molecule is CCC(C)NCC(=O)N(C)Cc1ncc[nH]1. The van der Waals surface area contributed by atoms with E-state index < -0.39 is 0 Å². The van der Waals surface area contributed by atoms with E-state index in [0.29, 0.717) is 19.1 Å². The molecule has 1 rings (SSSR count). The van der Waals surface area contributed by atoms with Crippen molar-refractivity contribution < 1.29 is 4.79 Å². The Bertz CT molecular complexity index is 310. The molecule has 16 heavy (non-hydrogen) atoms. The third kappa shape index (κ3) is 4.02. The summed E-state index contributed by atoms with van der Waals surface area (Å²) in [5.74, 6) is 0.885. The molecule has 0 spiro atoms. The van der Waals surface area contributed by atoms with Gasteiger partial charge in [0.1, 0.15) is 5.82 Å². The summed E-state index contributed by atoms with van der Waals surface area (Å²) in [5.41, 5.74) is 0. The number of likely N-dealkylation sites (N-methyl/N-ethyl adjacent to an activating group) is 1. The fourth-order valence-electron chi connectivity index (χ4n) is 1.24. The van der Waals surface area contributed by atoms with Gasteiger partial charge in [-0.15, -0.1) is 0 Å². The predicted molar refractivity (Wildman–Crippen MR) is 62.8 cm³/mol. The number of aromatic amines is 1. The van der Waals surface area contributed by atoms with Crippen molar-refractivity contribution in [3.63, 3.8) is 0 Å². The van der Waals surface area contributed by atoms with Gasteiger partial charge in [0.25, 0.3) is 0 Å². The smallest absolute Gasteiger partial charge is 0.236 e. The molecular formula is C11H20N4O. The van der Waals surface area contributed by atoms with Crippen LogP contribution in [0.1, 0.15) is 26.1 Å². The molecule has 0 bridgehead atoms. The van der Waals surface area contributed by atoms with E-state index in [1.807, 2.05) is 0 Å². The van der Waals surface area contributed by atoms with Gasteiger partial charge in [-0.1, -0.05) is 6.92 Å². The van der Waals surface area contributed by atoms with Crippen molar-refractivity contribution in [2.45, 2.75) is 32.9 Å². The minimum absolute atomic E-state index is 0.0803. The molecule has 0 aliphatic rings. The second-order valence-corrected chi connectivity index (χ2v) is 3.98. The second-order valence-electron chi connectivity index (χ2n) is 3.98.